The molecule has 1 aliphatic heterocycles. The molecule has 3 aromatic rings. The highest BCUT2D eigenvalue weighted by atomic mass is 32.2. The van der Waals surface area contributed by atoms with Gasteiger partial charge < -0.3 is 4.90 Å². The predicted octanol–water partition coefficient (Wildman–Crippen LogP) is 4.28. The van der Waals surface area contributed by atoms with Crippen molar-refractivity contribution in [1.82, 2.24) is 9.78 Å². The van der Waals surface area contributed by atoms with Crippen LogP contribution < -0.4 is 9.21 Å². The van der Waals surface area contributed by atoms with Gasteiger partial charge in [0.1, 0.15) is 6.54 Å². The van der Waals surface area contributed by atoms with Crippen molar-refractivity contribution >= 4 is 21.4 Å². The van der Waals surface area contributed by atoms with Crippen LogP contribution in [0.5, 0.6) is 0 Å². The Bertz CT molecular complexity index is 1270. The maximum Gasteiger partial charge on any atom is 0.405 e. The van der Waals surface area contributed by atoms with Crippen LogP contribution in [-0.4, -0.2) is 44.0 Å². The molecule has 0 spiro atoms. The predicted molar refractivity (Wildman–Crippen MR) is 117 cm³/mol. The molecule has 0 bridgehead atoms. The fraction of sp³-hybridized carbons (Fsp3) is 0.318. The molecule has 0 amide bonds. The quantitative estimate of drug-likeness (QED) is 0.578. The Hall–Kier alpha value is -3.01. The largest absolute Gasteiger partial charge is 0.405 e. The molecule has 32 heavy (non-hydrogen) atoms. The smallest absolute Gasteiger partial charge is 0.359 e. The fourth-order valence-corrected chi connectivity index (χ4v) is 5.84. The first-order chi connectivity index (χ1) is 15.0. The van der Waals surface area contributed by atoms with E-state index in [2.05, 4.69) is 5.10 Å². The number of hydrogen-bond donors (Lipinski definition) is 0. The molecule has 0 radical (unpaired) electrons. The second-order valence-corrected chi connectivity index (χ2v) is 9.77. The van der Waals surface area contributed by atoms with Crippen molar-refractivity contribution in [2.45, 2.75) is 24.9 Å². The summed E-state index contributed by atoms with van der Waals surface area (Å²) in [7, 11) is -2.19. The zero-order valence-corrected chi connectivity index (χ0v) is 18.7. The number of anilines is 2. The van der Waals surface area contributed by atoms with E-state index in [0.29, 0.717) is 16.8 Å². The summed E-state index contributed by atoms with van der Waals surface area (Å²) in [5, 5.41) is 4.14. The first-order valence-electron chi connectivity index (χ1n) is 10.0. The molecule has 10 heteroatoms. The third-order valence-electron chi connectivity index (χ3n) is 5.53. The number of para-hydroxylation sites is 1. The molecule has 2 aromatic carbocycles. The summed E-state index contributed by atoms with van der Waals surface area (Å²) in [6.45, 7) is 2.17. The highest BCUT2D eigenvalue weighted by Crippen LogP contribution is 2.40. The molecule has 0 N–H and O–H groups in total. The van der Waals surface area contributed by atoms with Crippen LogP contribution >= 0.6 is 0 Å². The summed E-state index contributed by atoms with van der Waals surface area (Å²) in [6.07, 6.45) is -0.856. The van der Waals surface area contributed by atoms with Crippen LogP contribution in [0.25, 0.3) is 11.1 Å². The Morgan fingerprint density at radius 1 is 1.03 bits per heavy atom. The van der Waals surface area contributed by atoms with Crippen molar-refractivity contribution in [2.24, 2.45) is 7.05 Å². The Kier molecular flexibility index (Phi) is 5.44. The van der Waals surface area contributed by atoms with E-state index in [4.69, 9.17) is 0 Å². The normalized spacial score (nSPS) is 14.6. The molecule has 0 atom stereocenters. The van der Waals surface area contributed by atoms with E-state index in [1.54, 1.807) is 62.1 Å². The van der Waals surface area contributed by atoms with Crippen molar-refractivity contribution in [1.29, 1.82) is 0 Å². The number of hydrogen-bond acceptors (Lipinski definition) is 4. The van der Waals surface area contributed by atoms with E-state index in [1.807, 2.05) is 6.20 Å². The molecule has 0 saturated carbocycles. The Balaban J connectivity index is 1.75. The van der Waals surface area contributed by atoms with E-state index in [1.165, 1.54) is 15.3 Å². The summed E-state index contributed by atoms with van der Waals surface area (Å²) in [4.78, 5) is 1.32. The van der Waals surface area contributed by atoms with Gasteiger partial charge in [-0.3, -0.25) is 8.99 Å². The number of nitrogens with zero attached hydrogens (tertiary/aromatic N) is 4. The fourth-order valence-electron chi connectivity index (χ4n) is 4.10. The van der Waals surface area contributed by atoms with Gasteiger partial charge in [0.15, 0.2) is 0 Å². The van der Waals surface area contributed by atoms with Gasteiger partial charge in [-0.25, -0.2) is 8.42 Å². The first kappa shape index (κ1) is 22.2. The number of aromatic nitrogens is 2. The van der Waals surface area contributed by atoms with Crippen molar-refractivity contribution in [3.8, 4) is 11.1 Å². The van der Waals surface area contributed by atoms with Crippen LogP contribution in [0, 0.1) is 13.8 Å². The van der Waals surface area contributed by atoms with Crippen molar-refractivity contribution in [2.75, 3.05) is 28.8 Å². The average molecular weight is 465 g/mol. The lowest BCUT2D eigenvalue weighted by atomic mass is 10.1. The second-order valence-electron chi connectivity index (χ2n) is 7.94. The lowest BCUT2D eigenvalue weighted by Gasteiger charge is -2.39. The second kappa shape index (κ2) is 7.84. The van der Waals surface area contributed by atoms with Gasteiger partial charge in [-0.15, -0.1) is 0 Å². The zero-order chi connectivity index (χ0) is 23.3. The van der Waals surface area contributed by atoms with Crippen LogP contribution in [0.3, 0.4) is 0 Å². The molecule has 0 saturated heterocycles. The molecule has 4 rings (SSSR count). The minimum absolute atomic E-state index is 0.0536. The summed E-state index contributed by atoms with van der Waals surface area (Å²) < 4.78 is 69.4. The number of halogens is 3. The summed E-state index contributed by atoms with van der Waals surface area (Å²) in [5.74, 6) is 0. The molecule has 1 aliphatic rings. The number of alkyl halides is 3. The molecule has 170 valence electrons. The topological polar surface area (TPSA) is 58.4 Å². The molecular formula is C22H23F3N4O2S. The van der Waals surface area contributed by atoms with E-state index in [0.717, 1.165) is 11.1 Å². The molecule has 0 unspecified atom stereocenters. The SMILES string of the molecule is Cc1cc(-c2cnn(C)c2)ccc1S(=O)(=O)N1CCN(CC(F)(F)F)c2cccc(C)c21. The van der Waals surface area contributed by atoms with Crippen molar-refractivity contribution in [3.05, 3.63) is 59.9 Å². The first-order valence-corrected chi connectivity index (χ1v) is 11.4. The van der Waals surface area contributed by atoms with Crippen molar-refractivity contribution in [3.63, 3.8) is 0 Å². The van der Waals surface area contributed by atoms with E-state index in [9.17, 15) is 21.6 Å². The van der Waals surface area contributed by atoms with Gasteiger partial charge in [0, 0.05) is 25.4 Å². The Morgan fingerprint density at radius 3 is 2.41 bits per heavy atom. The number of aryl methyl sites for hydroxylation is 3. The number of rotatable bonds is 4. The minimum Gasteiger partial charge on any atom is -0.359 e. The molecular weight excluding hydrogens is 441 g/mol. The summed E-state index contributed by atoms with van der Waals surface area (Å²) in [5.41, 5.74) is 3.41. The van der Waals surface area contributed by atoms with E-state index >= 15 is 0 Å². The third kappa shape index (κ3) is 4.06. The highest BCUT2D eigenvalue weighted by molar-refractivity contribution is 7.93. The molecule has 2 heterocycles. The van der Waals surface area contributed by atoms with Gasteiger partial charge in [-0.2, -0.15) is 18.3 Å². The summed E-state index contributed by atoms with van der Waals surface area (Å²) >= 11 is 0. The van der Waals surface area contributed by atoms with Gasteiger partial charge >= 0.3 is 6.18 Å². The highest BCUT2D eigenvalue weighted by Gasteiger charge is 2.38. The lowest BCUT2D eigenvalue weighted by Crippen LogP contribution is -2.47. The third-order valence-corrected chi connectivity index (χ3v) is 7.49. The molecule has 6 nitrogen and oxygen atoms in total. The van der Waals surface area contributed by atoms with Gasteiger partial charge in [-0.1, -0.05) is 18.2 Å². The minimum atomic E-state index is -4.39. The van der Waals surface area contributed by atoms with Crippen LogP contribution in [-0.2, 0) is 17.1 Å². The van der Waals surface area contributed by atoms with Gasteiger partial charge in [-0.05, 0) is 48.7 Å². The van der Waals surface area contributed by atoms with Crippen LogP contribution in [0.1, 0.15) is 11.1 Å². The standard InChI is InChI=1S/C22H23F3N4O2S/c1-15-5-4-6-19-21(15)29(10-9-28(19)14-22(23,24)25)32(30,31)20-8-7-17(11-16(20)2)18-12-26-27(3)13-18/h4-8,11-13H,9-10,14H2,1-3H3. The average Bonchev–Trinajstić information content (AvgIpc) is 3.13. The maximum atomic E-state index is 13.6. The van der Waals surface area contributed by atoms with Crippen LogP contribution in [0.2, 0.25) is 0 Å². The monoisotopic (exact) mass is 464 g/mol. The zero-order valence-electron chi connectivity index (χ0n) is 17.9. The maximum absolute atomic E-state index is 13.6. The Labute approximate surface area is 184 Å². The van der Waals surface area contributed by atoms with E-state index in [-0.39, 0.29) is 23.7 Å². The number of fused-ring (bicyclic) bond motifs is 1. The van der Waals surface area contributed by atoms with Crippen LogP contribution in [0.15, 0.2) is 53.7 Å². The lowest BCUT2D eigenvalue weighted by molar-refractivity contribution is -0.119. The van der Waals surface area contributed by atoms with E-state index < -0.39 is 22.7 Å². The van der Waals surface area contributed by atoms with Gasteiger partial charge in [0.05, 0.1) is 29.0 Å². The van der Waals surface area contributed by atoms with Crippen molar-refractivity contribution < 1.29 is 21.6 Å². The molecule has 0 fully saturated rings. The number of sulfonamides is 1. The molecule has 0 aliphatic carbocycles. The van der Waals surface area contributed by atoms with Crippen LogP contribution in [0.4, 0.5) is 24.5 Å². The Morgan fingerprint density at radius 2 is 1.78 bits per heavy atom. The van der Waals surface area contributed by atoms with Gasteiger partial charge in [0.2, 0.25) is 0 Å². The summed E-state index contributed by atoms with van der Waals surface area (Å²) in [6, 6.07) is 9.93. The molecule has 1 aromatic heterocycles. The number of benzene rings is 2. The van der Waals surface area contributed by atoms with Gasteiger partial charge in [0.25, 0.3) is 10.0 Å².